The average Bonchev–Trinajstić information content (AvgIpc) is 3.32. The van der Waals surface area contributed by atoms with E-state index in [0.717, 1.165) is 22.4 Å². The Labute approximate surface area is 188 Å². The highest BCUT2D eigenvalue weighted by atomic mass is 16.5. The van der Waals surface area contributed by atoms with Gasteiger partial charge in [0.25, 0.3) is 0 Å². The number of hydrogen-bond acceptors (Lipinski definition) is 4. The third kappa shape index (κ3) is 5.64. The zero-order chi connectivity index (χ0) is 22.2. The van der Waals surface area contributed by atoms with Gasteiger partial charge in [-0.25, -0.2) is 4.98 Å². The summed E-state index contributed by atoms with van der Waals surface area (Å²) in [5, 5.41) is 0. The first-order valence-corrected chi connectivity index (χ1v) is 10.7. The zero-order valence-electron chi connectivity index (χ0n) is 18.1. The van der Waals surface area contributed by atoms with Crippen molar-refractivity contribution in [3.05, 3.63) is 108 Å². The molecule has 0 spiro atoms. The second kappa shape index (κ2) is 10.4. The number of carbonyl (C=O) groups excluding carboxylic acids is 1. The predicted molar refractivity (Wildman–Crippen MR) is 124 cm³/mol. The van der Waals surface area contributed by atoms with Crippen LogP contribution in [0.5, 0.6) is 5.75 Å². The molecule has 0 fully saturated rings. The van der Waals surface area contributed by atoms with Crippen LogP contribution in [0.1, 0.15) is 23.4 Å². The van der Waals surface area contributed by atoms with Crippen LogP contribution in [-0.4, -0.2) is 22.9 Å². The summed E-state index contributed by atoms with van der Waals surface area (Å²) in [4.78, 5) is 19.4. The van der Waals surface area contributed by atoms with Gasteiger partial charge < -0.3 is 14.1 Å². The smallest absolute Gasteiger partial charge is 0.223 e. The van der Waals surface area contributed by atoms with Crippen molar-refractivity contribution in [3.8, 4) is 17.1 Å². The van der Waals surface area contributed by atoms with Crippen LogP contribution in [0, 0.1) is 0 Å². The molecule has 0 saturated heterocycles. The van der Waals surface area contributed by atoms with Crippen molar-refractivity contribution in [2.45, 2.75) is 25.9 Å². The summed E-state index contributed by atoms with van der Waals surface area (Å²) in [6.45, 7) is 1.13. The molecule has 4 aromatic rings. The van der Waals surface area contributed by atoms with E-state index in [0.29, 0.717) is 37.6 Å². The second-order valence-electron chi connectivity index (χ2n) is 7.57. The van der Waals surface area contributed by atoms with E-state index in [1.54, 1.807) is 13.3 Å². The lowest BCUT2D eigenvalue weighted by Crippen LogP contribution is -2.30. The number of aromatic nitrogens is 1. The first kappa shape index (κ1) is 21.4. The molecule has 0 bridgehead atoms. The number of methoxy groups -OCH3 is 1. The van der Waals surface area contributed by atoms with E-state index in [9.17, 15) is 4.79 Å². The SMILES string of the molecule is COc1ccc(-c2cnc(CCC(=O)N(Cc3ccccc3)Cc3ccccc3)o2)cc1. The lowest BCUT2D eigenvalue weighted by molar-refractivity contribution is -0.132. The largest absolute Gasteiger partial charge is 0.497 e. The van der Waals surface area contributed by atoms with Crippen molar-refractivity contribution in [3.63, 3.8) is 0 Å². The fraction of sp³-hybridized carbons (Fsp3) is 0.185. The Hall–Kier alpha value is -3.86. The van der Waals surface area contributed by atoms with Crippen LogP contribution >= 0.6 is 0 Å². The lowest BCUT2D eigenvalue weighted by atomic mass is 10.1. The maximum absolute atomic E-state index is 13.1. The average molecular weight is 427 g/mol. The molecule has 0 aliphatic rings. The summed E-state index contributed by atoms with van der Waals surface area (Å²) < 4.78 is 11.1. The molecule has 32 heavy (non-hydrogen) atoms. The lowest BCUT2D eigenvalue weighted by Gasteiger charge is -2.23. The quantitative estimate of drug-likeness (QED) is 0.354. The number of rotatable bonds is 9. The summed E-state index contributed by atoms with van der Waals surface area (Å²) in [5.74, 6) is 2.10. The monoisotopic (exact) mass is 426 g/mol. The summed E-state index contributed by atoms with van der Waals surface area (Å²) in [5.41, 5.74) is 3.13. The summed E-state index contributed by atoms with van der Waals surface area (Å²) >= 11 is 0. The van der Waals surface area contributed by atoms with Gasteiger partial charge in [0.1, 0.15) is 5.75 Å². The van der Waals surface area contributed by atoms with E-state index in [-0.39, 0.29) is 5.91 Å². The van der Waals surface area contributed by atoms with Gasteiger partial charge in [0.2, 0.25) is 5.91 Å². The number of hydrogen-bond donors (Lipinski definition) is 0. The van der Waals surface area contributed by atoms with E-state index in [1.807, 2.05) is 89.8 Å². The Kier molecular flexibility index (Phi) is 6.98. The molecule has 0 unspecified atom stereocenters. The molecule has 0 N–H and O–H groups in total. The number of nitrogens with zero attached hydrogens (tertiary/aromatic N) is 2. The minimum absolute atomic E-state index is 0.0712. The molecule has 162 valence electrons. The number of aryl methyl sites for hydroxylation is 1. The first-order chi connectivity index (χ1) is 15.7. The first-order valence-electron chi connectivity index (χ1n) is 10.7. The van der Waals surface area contributed by atoms with Gasteiger partial charge in [-0.3, -0.25) is 4.79 Å². The number of benzene rings is 3. The predicted octanol–water partition coefficient (Wildman–Crippen LogP) is 5.51. The van der Waals surface area contributed by atoms with Crippen LogP contribution in [0.25, 0.3) is 11.3 Å². The van der Waals surface area contributed by atoms with Crippen LogP contribution in [0.3, 0.4) is 0 Å². The van der Waals surface area contributed by atoms with Gasteiger partial charge in [0.05, 0.1) is 13.3 Å². The Morgan fingerprint density at radius 3 is 2.03 bits per heavy atom. The van der Waals surface area contributed by atoms with Crippen LogP contribution in [0.2, 0.25) is 0 Å². The molecular formula is C27H26N2O3. The summed E-state index contributed by atoms with van der Waals surface area (Å²) in [6, 6.07) is 27.7. The van der Waals surface area contributed by atoms with Crippen molar-refractivity contribution in [1.82, 2.24) is 9.88 Å². The van der Waals surface area contributed by atoms with Gasteiger partial charge in [0.15, 0.2) is 11.7 Å². The molecule has 5 nitrogen and oxygen atoms in total. The van der Waals surface area contributed by atoms with E-state index < -0.39 is 0 Å². The number of oxazole rings is 1. The van der Waals surface area contributed by atoms with E-state index in [2.05, 4.69) is 4.98 Å². The Morgan fingerprint density at radius 2 is 1.47 bits per heavy atom. The Bertz CT molecular complexity index is 1080. The molecule has 0 aliphatic heterocycles. The molecule has 0 atom stereocenters. The normalized spacial score (nSPS) is 10.7. The minimum atomic E-state index is 0.0712. The van der Waals surface area contributed by atoms with Gasteiger partial charge in [-0.2, -0.15) is 0 Å². The molecule has 1 heterocycles. The molecule has 0 saturated carbocycles. The third-order valence-corrected chi connectivity index (χ3v) is 5.27. The third-order valence-electron chi connectivity index (χ3n) is 5.27. The van der Waals surface area contributed by atoms with Crippen LogP contribution < -0.4 is 4.74 Å². The molecule has 3 aromatic carbocycles. The minimum Gasteiger partial charge on any atom is -0.497 e. The van der Waals surface area contributed by atoms with Crippen LogP contribution in [0.15, 0.2) is 95.5 Å². The van der Waals surface area contributed by atoms with Gasteiger partial charge in [-0.05, 0) is 35.4 Å². The molecule has 5 heteroatoms. The zero-order valence-corrected chi connectivity index (χ0v) is 18.1. The van der Waals surface area contributed by atoms with Crippen molar-refractivity contribution in [2.75, 3.05) is 7.11 Å². The van der Waals surface area contributed by atoms with Crippen LogP contribution in [0.4, 0.5) is 0 Å². The Balaban J connectivity index is 1.41. The topological polar surface area (TPSA) is 55.6 Å². The fourth-order valence-corrected chi connectivity index (χ4v) is 3.53. The number of ether oxygens (including phenoxy) is 1. The maximum atomic E-state index is 13.1. The summed E-state index contributed by atoms with van der Waals surface area (Å²) in [6.07, 6.45) is 2.49. The van der Waals surface area contributed by atoms with Crippen molar-refractivity contribution in [1.29, 1.82) is 0 Å². The molecule has 0 radical (unpaired) electrons. The van der Waals surface area contributed by atoms with Gasteiger partial charge in [-0.1, -0.05) is 60.7 Å². The van der Waals surface area contributed by atoms with Crippen LogP contribution in [-0.2, 0) is 24.3 Å². The second-order valence-corrected chi connectivity index (χ2v) is 7.57. The van der Waals surface area contributed by atoms with Gasteiger partial charge in [-0.15, -0.1) is 0 Å². The van der Waals surface area contributed by atoms with Gasteiger partial charge in [0, 0.05) is 31.5 Å². The van der Waals surface area contributed by atoms with Gasteiger partial charge >= 0.3 is 0 Å². The summed E-state index contributed by atoms with van der Waals surface area (Å²) in [7, 11) is 1.64. The van der Waals surface area contributed by atoms with E-state index in [1.165, 1.54) is 0 Å². The van der Waals surface area contributed by atoms with E-state index in [4.69, 9.17) is 9.15 Å². The number of amides is 1. The van der Waals surface area contributed by atoms with Crippen molar-refractivity contribution >= 4 is 5.91 Å². The molecular weight excluding hydrogens is 400 g/mol. The highest BCUT2D eigenvalue weighted by Gasteiger charge is 2.16. The highest BCUT2D eigenvalue weighted by molar-refractivity contribution is 5.76. The standard InChI is InChI=1S/C27H26N2O3/c1-31-24-14-12-23(13-15-24)25-18-28-26(32-25)16-17-27(30)29(19-21-8-4-2-5-9-21)20-22-10-6-3-7-11-22/h2-15,18H,16-17,19-20H2,1H3. The highest BCUT2D eigenvalue weighted by Crippen LogP contribution is 2.23. The van der Waals surface area contributed by atoms with Crippen molar-refractivity contribution < 1.29 is 13.9 Å². The molecule has 1 aromatic heterocycles. The molecule has 4 rings (SSSR count). The fourth-order valence-electron chi connectivity index (χ4n) is 3.53. The number of carbonyl (C=O) groups is 1. The molecule has 1 amide bonds. The van der Waals surface area contributed by atoms with E-state index >= 15 is 0 Å². The maximum Gasteiger partial charge on any atom is 0.223 e. The Morgan fingerprint density at radius 1 is 0.875 bits per heavy atom. The molecule has 0 aliphatic carbocycles. The van der Waals surface area contributed by atoms with Crippen molar-refractivity contribution in [2.24, 2.45) is 0 Å².